The molecule has 1 saturated heterocycles. The summed E-state index contributed by atoms with van der Waals surface area (Å²) in [7, 11) is 1.57. The van der Waals surface area contributed by atoms with Gasteiger partial charge in [0.05, 0.1) is 18.9 Å². The smallest absolute Gasteiger partial charge is 0.161 e. The molecule has 2 N–H and O–H groups in total. The summed E-state index contributed by atoms with van der Waals surface area (Å²) >= 11 is 0. The molecule has 0 spiro atoms. The van der Waals surface area contributed by atoms with Crippen LogP contribution in [0.5, 0.6) is 0 Å². The lowest BCUT2D eigenvalue weighted by molar-refractivity contribution is -0.0392. The van der Waals surface area contributed by atoms with E-state index in [-0.39, 0.29) is 5.92 Å². The van der Waals surface area contributed by atoms with E-state index in [1.165, 1.54) is 12.1 Å². The third-order valence-corrected chi connectivity index (χ3v) is 3.68. The van der Waals surface area contributed by atoms with Crippen molar-refractivity contribution in [2.24, 2.45) is 16.6 Å². The van der Waals surface area contributed by atoms with Gasteiger partial charge in [0, 0.05) is 36.4 Å². The van der Waals surface area contributed by atoms with E-state index in [1.54, 1.807) is 7.05 Å². The van der Waals surface area contributed by atoms with Gasteiger partial charge in [0.15, 0.2) is 6.29 Å². The Labute approximate surface area is 135 Å². The minimum absolute atomic E-state index is 0.0570. The van der Waals surface area contributed by atoms with Gasteiger partial charge in [-0.1, -0.05) is 13.8 Å². The highest BCUT2D eigenvalue weighted by molar-refractivity contribution is 6.13. The van der Waals surface area contributed by atoms with Crippen molar-refractivity contribution in [2.45, 2.75) is 26.6 Å². The Bertz CT molecular complexity index is 601. The summed E-state index contributed by atoms with van der Waals surface area (Å²) in [5.41, 5.74) is 8.33. The second-order valence-corrected chi connectivity index (χ2v) is 5.69. The Kier molecular flexibility index (Phi) is 5.85. The summed E-state index contributed by atoms with van der Waals surface area (Å²) in [6.45, 7) is 4.94. The van der Waals surface area contributed by atoms with E-state index in [0.717, 1.165) is 6.07 Å². The van der Waals surface area contributed by atoms with Crippen LogP contribution in [-0.2, 0) is 9.47 Å². The van der Waals surface area contributed by atoms with E-state index in [0.29, 0.717) is 42.2 Å². The molecule has 0 radical (unpaired) electrons. The van der Waals surface area contributed by atoms with Gasteiger partial charge in [-0.05, 0) is 18.1 Å². The van der Waals surface area contributed by atoms with Gasteiger partial charge < -0.3 is 15.2 Å². The van der Waals surface area contributed by atoms with Gasteiger partial charge in [0.2, 0.25) is 0 Å². The number of hydrogen-bond acceptors (Lipinski definition) is 4. The van der Waals surface area contributed by atoms with Crippen molar-refractivity contribution in [2.75, 3.05) is 20.3 Å². The highest BCUT2D eigenvalue weighted by Crippen LogP contribution is 2.24. The number of nitrogens with zero attached hydrogens (tertiary/aromatic N) is 1. The zero-order valence-electron chi connectivity index (χ0n) is 13.6. The van der Waals surface area contributed by atoms with E-state index < -0.39 is 17.9 Å². The molecule has 0 bridgehead atoms. The van der Waals surface area contributed by atoms with E-state index in [2.05, 4.69) is 4.99 Å². The number of aliphatic imine (C=N–C) groups is 1. The number of ether oxygens (including phenoxy) is 2. The highest BCUT2D eigenvalue weighted by Gasteiger charge is 2.24. The van der Waals surface area contributed by atoms with Crippen molar-refractivity contribution in [3.8, 4) is 0 Å². The van der Waals surface area contributed by atoms with E-state index in [1.807, 2.05) is 13.8 Å². The number of hydrogen-bond donors (Lipinski definition) is 1. The van der Waals surface area contributed by atoms with Crippen molar-refractivity contribution < 1.29 is 18.3 Å². The highest BCUT2D eigenvalue weighted by atomic mass is 19.1. The molecule has 0 atom stereocenters. The van der Waals surface area contributed by atoms with Crippen molar-refractivity contribution >= 4 is 5.71 Å². The summed E-state index contributed by atoms with van der Waals surface area (Å²) in [5, 5.41) is 0. The summed E-state index contributed by atoms with van der Waals surface area (Å²) in [6.07, 6.45) is -0.0353. The molecule has 1 aromatic carbocycles. The second kappa shape index (κ2) is 7.66. The van der Waals surface area contributed by atoms with E-state index in [9.17, 15) is 8.78 Å². The summed E-state index contributed by atoms with van der Waals surface area (Å²) < 4.78 is 38.1. The first-order valence-electron chi connectivity index (χ1n) is 7.57. The van der Waals surface area contributed by atoms with Crippen LogP contribution in [0.3, 0.4) is 0 Å². The summed E-state index contributed by atoms with van der Waals surface area (Å²) in [6, 6.07) is 3.32. The van der Waals surface area contributed by atoms with Crippen LogP contribution in [0.25, 0.3) is 0 Å². The molecule has 2 rings (SSSR count). The van der Waals surface area contributed by atoms with Crippen molar-refractivity contribution in [1.82, 2.24) is 0 Å². The quantitative estimate of drug-likeness (QED) is 0.847. The Hall–Kier alpha value is -1.79. The standard InChI is InChI=1S/C17H22F2N2O2/c1-10(2)16(20)14(9-15-22-4-5-23-15)17(21-3)11-6-12(18)8-13(19)7-11/h6-8,10,15H,4-5,9,20H2,1-3H3. The largest absolute Gasteiger partial charge is 0.402 e. The summed E-state index contributed by atoms with van der Waals surface area (Å²) in [5.74, 6) is -1.25. The Balaban J connectivity index is 2.44. The monoisotopic (exact) mass is 324 g/mol. The first kappa shape index (κ1) is 17.6. The molecule has 23 heavy (non-hydrogen) atoms. The maximum atomic E-state index is 13.6. The minimum atomic E-state index is -0.656. The van der Waals surface area contributed by atoms with Gasteiger partial charge >= 0.3 is 0 Å². The molecule has 1 aromatic rings. The minimum Gasteiger partial charge on any atom is -0.402 e. The number of allylic oxidation sites excluding steroid dienone is 1. The van der Waals surface area contributed by atoms with E-state index in [4.69, 9.17) is 15.2 Å². The normalized spacial score (nSPS) is 17.7. The maximum Gasteiger partial charge on any atom is 0.161 e. The zero-order valence-corrected chi connectivity index (χ0v) is 13.6. The number of benzene rings is 1. The second-order valence-electron chi connectivity index (χ2n) is 5.69. The van der Waals surface area contributed by atoms with Crippen molar-refractivity contribution in [3.63, 3.8) is 0 Å². The van der Waals surface area contributed by atoms with Crippen LogP contribution < -0.4 is 5.73 Å². The van der Waals surface area contributed by atoms with Crippen molar-refractivity contribution in [3.05, 3.63) is 46.7 Å². The topological polar surface area (TPSA) is 56.8 Å². The van der Waals surface area contributed by atoms with Crippen LogP contribution in [0.2, 0.25) is 0 Å². The number of nitrogens with two attached hydrogens (primary N) is 1. The maximum absolute atomic E-state index is 13.6. The Morgan fingerprint density at radius 3 is 2.26 bits per heavy atom. The predicted molar refractivity (Wildman–Crippen MR) is 85.2 cm³/mol. The molecule has 0 amide bonds. The predicted octanol–water partition coefficient (Wildman–Crippen LogP) is 3.02. The molecule has 0 aromatic heterocycles. The lowest BCUT2D eigenvalue weighted by atomic mass is 9.93. The van der Waals surface area contributed by atoms with Gasteiger partial charge in [-0.2, -0.15) is 0 Å². The zero-order chi connectivity index (χ0) is 17.0. The third-order valence-electron chi connectivity index (χ3n) is 3.68. The summed E-state index contributed by atoms with van der Waals surface area (Å²) in [4.78, 5) is 4.22. The molecular weight excluding hydrogens is 302 g/mol. The molecule has 1 fully saturated rings. The van der Waals surface area contributed by atoms with Crippen LogP contribution in [0.15, 0.2) is 34.5 Å². The van der Waals surface area contributed by atoms with Crippen molar-refractivity contribution in [1.29, 1.82) is 0 Å². The van der Waals surface area contributed by atoms with Gasteiger partial charge in [-0.3, -0.25) is 4.99 Å². The third kappa shape index (κ3) is 4.36. The van der Waals surface area contributed by atoms with Crippen LogP contribution in [0.4, 0.5) is 8.78 Å². The van der Waals surface area contributed by atoms with Crippen LogP contribution in [0.1, 0.15) is 25.8 Å². The molecule has 0 saturated carbocycles. The molecule has 1 aliphatic heterocycles. The average molecular weight is 324 g/mol. The fourth-order valence-corrected chi connectivity index (χ4v) is 2.52. The van der Waals surface area contributed by atoms with Crippen LogP contribution >= 0.6 is 0 Å². The lowest BCUT2D eigenvalue weighted by Gasteiger charge is -2.19. The number of rotatable bonds is 5. The molecule has 4 nitrogen and oxygen atoms in total. The molecule has 1 heterocycles. The molecule has 0 aliphatic carbocycles. The van der Waals surface area contributed by atoms with E-state index >= 15 is 0 Å². The van der Waals surface area contributed by atoms with Gasteiger partial charge in [-0.25, -0.2) is 8.78 Å². The van der Waals surface area contributed by atoms with Gasteiger partial charge in [-0.15, -0.1) is 0 Å². The Morgan fingerprint density at radius 2 is 1.78 bits per heavy atom. The van der Waals surface area contributed by atoms with Crippen LogP contribution in [0, 0.1) is 17.6 Å². The van der Waals surface area contributed by atoms with Gasteiger partial charge in [0.1, 0.15) is 11.6 Å². The van der Waals surface area contributed by atoms with Crippen LogP contribution in [-0.4, -0.2) is 32.3 Å². The first-order valence-corrected chi connectivity index (χ1v) is 7.57. The van der Waals surface area contributed by atoms with Gasteiger partial charge in [0.25, 0.3) is 0 Å². The molecular formula is C17H22F2N2O2. The fourth-order valence-electron chi connectivity index (χ4n) is 2.52. The number of halogens is 2. The first-order chi connectivity index (χ1) is 10.9. The molecule has 126 valence electrons. The molecule has 0 unspecified atom stereocenters. The SMILES string of the molecule is CN=C(C(CC1OCCO1)=C(N)C(C)C)c1cc(F)cc(F)c1. The lowest BCUT2D eigenvalue weighted by Crippen LogP contribution is -2.21. The molecule has 1 aliphatic rings. The molecule has 6 heteroatoms. The Morgan fingerprint density at radius 1 is 1.22 bits per heavy atom. The average Bonchev–Trinajstić information content (AvgIpc) is 2.98. The fraction of sp³-hybridized carbons (Fsp3) is 0.471.